The van der Waals surface area contributed by atoms with E-state index in [1.165, 1.54) is 173 Å². The summed E-state index contributed by atoms with van der Waals surface area (Å²) in [5.74, 6) is -0.845. The highest BCUT2D eigenvalue weighted by molar-refractivity contribution is 7.45. The molecule has 0 aromatic heterocycles. The Balaban J connectivity index is 3.92. The molecular formula is C68H124NO8P. The van der Waals surface area contributed by atoms with Crippen molar-refractivity contribution in [1.29, 1.82) is 0 Å². The van der Waals surface area contributed by atoms with E-state index in [1.54, 1.807) is 0 Å². The van der Waals surface area contributed by atoms with E-state index in [0.717, 1.165) is 83.5 Å². The molecule has 0 saturated carbocycles. The number of carbonyl (C=O) groups is 2. The lowest BCUT2D eigenvalue weighted by Crippen LogP contribution is -2.37. The number of nitrogens with zero attached hydrogens (tertiary/aromatic N) is 1. The molecule has 0 aliphatic rings. The van der Waals surface area contributed by atoms with Crippen LogP contribution in [0.3, 0.4) is 0 Å². The van der Waals surface area contributed by atoms with Gasteiger partial charge < -0.3 is 27.9 Å². The van der Waals surface area contributed by atoms with E-state index in [-0.39, 0.29) is 26.1 Å². The van der Waals surface area contributed by atoms with Gasteiger partial charge in [-0.3, -0.25) is 14.2 Å². The Morgan fingerprint density at radius 2 is 0.731 bits per heavy atom. The van der Waals surface area contributed by atoms with E-state index in [1.807, 2.05) is 21.1 Å². The van der Waals surface area contributed by atoms with Gasteiger partial charge in [-0.2, -0.15) is 0 Å². The van der Waals surface area contributed by atoms with E-state index in [4.69, 9.17) is 18.5 Å². The predicted octanol–water partition coefficient (Wildman–Crippen LogP) is 20.2. The number of hydrogen-bond acceptors (Lipinski definition) is 8. The Hall–Kier alpha value is -2.55. The number of rotatable bonds is 60. The van der Waals surface area contributed by atoms with Crippen molar-refractivity contribution in [3.63, 3.8) is 0 Å². The fourth-order valence-electron chi connectivity index (χ4n) is 9.21. The Bertz CT molecular complexity index is 1550. The first-order valence-corrected chi connectivity index (χ1v) is 34.1. The predicted molar refractivity (Wildman–Crippen MR) is 333 cm³/mol. The maximum Gasteiger partial charge on any atom is 0.306 e. The molecule has 0 heterocycles. The largest absolute Gasteiger partial charge is 0.756 e. The van der Waals surface area contributed by atoms with Crippen LogP contribution in [-0.4, -0.2) is 70.0 Å². The van der Waals surface area contributed by atoms with Crippen molar-refractivity contribution in [2.45, 2.75) is 302 Å². The number of hydrogen-bond donors (Lipinski definition) is 0. The number of ether oxygens (including phenoxy) is 2. The van der Waals surface area contributed by atoms with Crippen molar-refractivity contribution >= 4 is 19.8 Å². The molecule has 0 spiro atoms. The summed E-state index contributed by atoms with van der Waals surface area (Å²) in [4.78, 5) is 37.9. The van der Waals surface area contributed by atoms with Crippen LogP contribution in [0.25, 0.3) is 0 Å². The number of likely N-dealkylation sites (N-methyl/N-ethyl adjacent to an activating group) is 1. The van der Waals surface area contributed by atoms with Crippen LogP contribution < -0.4 is 4.89 Å². The lowest BCUT2D eigenvalue weighted by molar-refractivity contribution is -0.870. The zero-order valence-corrected chi connectivity index (χ0v) is 52.5. The van der Waals surface area contributed by atoms with Crippen LogP contribution in [0.1, 0.15) is 296 Å². The molecule has 0 aromatic carbocycles. The monoisotopic (exact) mass is 1110 g/mol. The molecule has 0 fully saturated rings. The van der Waals surface area contributed by atoms with Crippen molar-refractivity contribution < 1.29 is 42.1 Å². The number of unbranched alkanes of at least 4 members (excludes halogenated alkanes) is 34. The van der Waals surface area contributed by atoms with Gasteiger partial charge in [-0.05, 0) is 83.5 Å². The molecule has 0 saturated heterocycles. The second-order valence-corrected chi connectivity index (χ2v) is 24.5. The summed E-state index contributed by atoms with van der Waals surface area (Å²) in [6.07, 6.45) is 78.5. The first kappa shape index (κ1) is 75.5. The summed E-state index contributed by atoms with van der Waals surface area (Å²) < 4.78 is 34.2. The lowest BCUT2D eigenvalue weighted by atomic mass is 10.0. The molecule has 10 heteroatoms. The molecule has 2 unspecified atom stereocenters. The highest BCUT2D eigenvalue weighted by Gasteiger charge is 2.22. The van der Waals surface area contributed by atoms with Gasteiger partial charge in [-0.1, -0.05) is 273 Å². The van der Waals surface area contributed by atoms with Gasteiger partial charge in [0.05, 0.1) is 27.7 Å². The molecule has 0 aliphatic carbocycles. The van der Waals surface area contributed by atoms with Crippen molar-refractivity contribution in [3.05, 3.63) is 72.9 Å². The molecule has 2 atom stereocenters. The van der Waals surface area contributed by atoms with E-state index in [9.17, 15) is 19.0 Å². The van der Waals surface area contributed by atoms with Gasteiger partial charge in [0.1, 0.15) is 19.8 Å². The summed E-state index contributed by atoms with van der Waals surface area (Å²) in [5, 5.41) is 0. The number of esters is 2. The van der Waals surface area contributed by atoms with Crippen molar-refractivity contribution in [2.75, 3.05) is 47.5 Å². The molecule has 454 valence electrons. The van der Waals surface area contributed by atoms with Crippen LogP contribution in [0.15, 0.2) is 72.9 Å². The molecule has 78 heavy (non-hydrogen) atoms. The zero-order chi connectivity index (χ0) is 57.0. The van der Waals surface area contributed by atoms with Crippen LogP contribution in [0.2, 0.25) is 0 Å². The Morgan fingerprint density at radius 1 is 0.410 bits per heavy atom. The number of carbonyl (C=O) groups excluding carboxylic acids is 2. The number of quaternary nitrogens is 1. The summed E-state index contributed by atoms with van der Waals surface area (Å²) in [6.45, 7) is 4.12. The van der Waals surface area contributed by atoms with Crippen LogP contribution in [0, 0.1) is 0 Å². The minimum Gasteiger partial charge on any atom is -0.756 e. The molecule has 0 bridgehead atoms. The number of phosphoric ester groups is 1. The normalized spacial score (nSPS) is 13.7. The standard InChI is InChI=1S/C68H124NO8P/c1-6-8-10-12-14-16-18-20-22-23-24-25-26-27-28-29-30-31-32-33-34-35-36-37-38-39-40-41-42-43-44-45-47-49-51-53-55-57-59-61-68(71)77-66(65-76-78(72,73)75-63-62-69(3,4)5)64-74-67(70)60-58-56-54-52-50-48-46-21-19-17-15-13-11-9-7-2/h9,11,15,17-18,20-21,23-24,26-27,46,66H,6-8,10,12-14,16,19,22,25,28-45,47-65H2,1-5H3/b11-9-,17-15-,20-18-,24-23-,27-26-,46-21-. The summed E-state index contributed by atoms with van der Waals surface area (Å²) in [7, 11) is 1.16. The maximum absolute atomic E-state index is 12.8. The van der Waals surface area contributed by atoms with E-state index < -0.39 is 32.5 Å². The van der Waals surface area contributed by atoms with Crippen LogP contribution in [-0.2, 0) is 32.7 Å². The van der Waals surface area contributed by atoms with Gasteiger partial charge in [-0.25, -0.2) is 0 Å². The number of phosphoric acid groups is 1. The second-order valence-electron chi connectivity index (χ2n) is 23.1. The smallest absolute Gasteiger partial charge is 0.306 e. The first-order valence-electron chi connectivity index (χ1n) is 32.6. The summed E-state index contributed by atoms with van der Waals surface area (Å²) in [6, 6.07) is 0. The van der Waals surface area contributed by atoms with Gasteiger partial charge in [0.2, 0.25) is 0 Å². The van der Waals surface area contributed by atoms with Gasteiger partial charge in [0.25, 0.3) is 7.82 Å². The van der Waals surface area contributed by atoms with Crippen molar-refractivity contribution in [3.8, 4) is 0 Å². The third-order valence-electron chi connectivity index (χ3n) is 14.2. The highest BCUT2D eigenvalue weighted by Crippen LogP contribution is 2.38. The average molecular weight is 1110 g/mol. The average Bonchev–Trinajstić information content (AvgIpc) is 3.41. The van der Waals surface area contributed by atoms with Crippen molar-refractivity contribution in [1.82, 2.24) is 0 Å². The molecule has 0 rings (SSSR count). The summed E-state index contributed by atoms with van der Waals surface area (Å²) >= 11 is 0. The second kappa shape index (κ2) is 59.1. The minimum atomic E-state index is -4.64. The van der Waals surface area contributed by atoms with Gasteiger partial charge in [0.15, 0.2) is 6.10 Å². The van der Waals surface area contributed by atoms with Gasteiger partial charge >= 0.3 is 11.9 Å². The third-order valence-corrected chi connectivity index (χ3v) is 15.2. The molecule has 9 nitrogen and oxygen atoms in total. The highest BCUT2D eigenvalue weighted by atomic mass is 31.2. The Kier molecular flexibility index (Phi) is 57.2. The molecule has 0 radical (unpaired) electrons. The quantitative estimate of drug-likeness (QED) is 0.0195. The fraction of sp³-hybridized carbons (Fsp3) is 0.794. The van der Waals surface area contributed by atoms with Crippen molar-refractivity contribution in [2.24, 2.45) is 0 Å². The first-order chi connectivity index (χ1) is 38.0. The Morgan fingerprint density at radius 3 is 1.09 bits per heavy atom. The van der Waals surface area contributed by atoms with Crippen LogP contribution in [0.4, 0.5) is 0 Å². The van der Waals surface area contributed by atoms with E-state index in [2.05, 4.69) is 86.8 Å². The summed E-state index contributed by atoms with van der Waals surface area (Å²) in [5.41, 5.74) is 0. The maximum atomic E-state index is 12.8. The third kappa shape index (κ3) is 62.6. The van der Waals surface area contributed by atoms with Crippen LogP contribution in [0.5, 0.6) is 0 Å². The molecule has 0 amide bonds. The fourth-order valence-corrected chi connectivity index (χ4v) is 9.94. The Labute approximate surface area is 482 Å². The molecular weight excluding hydrogens is 990 g/mol. The van der Waals surface area contributed by atoms with Gasteiger partial charge in [0, 0.05) is 12.8 Å². The molecule has 0 aromatic rings. The van der Waals surface area contributed by atoms with E-state index >= 15 is 0 Å². The van der Waals surface area contributed by atoms with Gasteiger partial charge in [-0.15, -0.1) is 0 Å². The minimum absolute atomic E-state index is 0.0346. The SMILES string of the molecule is CC/C=C\C/C=C\C/C=C\CCCCCCCC(=O)OCC(COP(=O)([O-])OCC[N+](C)(C)C)OC(=O)CCCCCCCCCCCCCCCCCCCCCCCCCC/C=C\C/C=C\C/C=C\CCCCCCC. The topological polar surface area (TPSA) is 111 Å². The lowest BCUT2D eigenvalue weighted by Gasteiger charge is -2.28. The molecule has 0 aliphatic heterocycles. The zero-order valence-electron chi connectivity index (χ0n) is 51.6. The number of allylic oxidation sites excluding steroid dienone is 12. The van der Waals surface area contributed by atoms with Crippen LogP contribution >= 0.6 is 7.82 Å². The molecule has 0 N–H and O–H groups in total. The van der Waals surface area contributed by atoms with E-state index in [0.29, 0.717) is 23.9 Å².